The summed E-state index contributed by atoms with van der Waals surface area (Å²) < 4.78 is 38.6. The lowest BCUT2D eigenvalue weighted by Crippen LogP contribution is -2.43. The number of rotatable bonds is 7. The number of amides is 2. The number of carbonyl (C=O) groups excluding carboxylic acids is 2. The van der Waals surface area contributed by atoms with Crippen LogP contribution in [-0.2, 0) is 14.8 Å². The Balaban J connectivity index is 1.48. The minimum absolute atomic E-state index is 0.0112. The predicted molar refractivity (Wildman–Crippen MR) is 131 cm³/mol. The van der Waals surface area contributed by atoms with Gasteiger partial charge < -0.3 is 19.7 Å². The number of ether oxygens (including phenoxy) is 2. The van der Waals surface area contributed by atoms with E-state index in [4.69, 9.17) is 9.47 Å². The Morgan fingerprint density at radius 3 is 2.29 bits per heavy atom. The second-order valence-electron chi connectivity index (χ2n) is 8.71. The third-order valence-electron chi connectivity index (χ3n) is 6.51. The van der Waals surface area contributed by atoms with Gasteiger partial charge in [-0.1, -0.05) is 0 Å². The Hall–Kier alpha value is -3.11. The van der Waals surface area contributed by atoms with Crippen molar-refractivity contribution < 1.29 is 27.5 Å². The first-order valence-electron chi connectivity index (χ1n) is 11.8. The summed E-state index contributed by atoms with van der Waals surface area (Å²) in [5.74, 6) is 0.139. The maximum absolute atomic E-state index is 13.5. The molecule has 2 aromatic rings. The maximum Gasteiger partial charge on any atom is 0.253 e. The average Bonchev–Trinajstić information content (AvgIpc) is 3.40. The molecule has 0 bridgehead atoms. The van der Waals surface area contributed by atoms with Gasteiger partial charge >= 0.3 is 0 Å². The van der Waals surface area contributed by atoms with E-state index < -0.39 is 22.0 Å². The number of nitrogens with one attached hydrogen (secondary N) is 1. The zero-order valence-electron chi connectivity index (χ0n) is 20.0. The molecule has 0 unspecified atom stereocenters. The molecule has 35 heavy (non-hydrogen) atoms. The Morgan fingerprint density at radius 2 is 1.63 bits per heavy atom. The van der Waals surface area contributed by atoms with Gasteiger partial charge in [0.1, 0.15) is 22.4 Å². The Morgan fingerprint density at radius 1 is 0.914 bits per heavy atom. The molecule has 1 atom stereocenters. The van der Waals surface area contributed by atoms with Crippen molar-refractivity contribution in [2.24, 2.45) is 0 Å². The lowest BCUT2D eigenvalue weighted by atomic mass is 10.1. The van der Waals surface area contributed by atoms with Crippen LogP contribution >= 0.6 is 0 Å². The smallest absolute Gasteiger partial charge is 0.253 e. The first-order valence-corrected chi connectivity index (χ1v) is 13.2. The van der Waals surface area contributed by atoms with Crippen molar-refractivity contribution in [3.05, 3.63) is 48.0 Å². The number of anilines is 1. The van der Waals surface area contributed by atoms with Crippen LogP contribution in [0.4, 0.5) is 5.69 Å². The van der Waals surface area contributed by atoms with Crippen molar-refractivity contribution in [3.8, 4) is 11.5 Å². The van der Waals surface area contributed by atoms with Crippen LogP contribution in [0.15, 0.2) is 47.4 Å². The van der Waals surface area contributed by atoms with Gasteiger partial charge in [0.05, 0.1) is 14.2 Å². The highest BCUT2D eigenvalue weighted by Crippen LogP contribution is 2.34. The van der Waals surface area contributed by atoms with Gasteiger partial charge in [0.25, 0.3) is 5.91 Å². The number of piperidine rings is 1. The van der Waals surface area contributed by atoms with Crippen molar-refractivity contribution in [1.29, 1.82) is 0 Å². The minimum Gasteiger partial charge on any atom is -0.497 e. The molecule has 1 N–H and O–H groups in total. The quantitative estimate of drug-likeness (QED) is 0.625. The molecule has 10 heteroatoms. The van der Waals surface area contributed by atoms with Crippen LogP contribution < -0.4 is 14.8 Å². The van der Waals surface area contributed by atoms with E-state index in [9.17, 15) is 18.0 Å². The van der Waals surface area contributed by atoms with Gasteiger partial charge in [-0.15, -0.1) is 0 Å². The third kappa shape index (κ3) is 5.28. The standard InChI is InChI=1S/C25H31N3O6S/c1-33-20-12-13-22(34-2)23(17-20)35(31,32)28-16-6-7-21(28)24(29)26-19-10-8-18(9-11-19)25(30)27-14-4-3-5-15-27/h8-13,17,21H,3-7,14-16H2,1-2H3,(H,26,29)/t21-/m0/s1. The summed E-state index contributed by atoms with van der Waals surface area (Å²) in [4.78, 5) is 27.6. The summed E-state index contributed by atoms with van der Waals surface area (Å²) in [6.07, 6.45) is 4.15. The van der Waals surface area contributed by atoms with Gasteiger partial charge in [0.2, 0.25) is 15.9 Å². The van der Waals surface area contributed by atoms with Crippen molar-refractivity contribution in [2.45, 2.75) is 43.0 Å². The van der Waals surface area contributed by atoms with Gasteiger partial charge in [-0.3, -0.25) is 9.59 Å². The van der Waals surface area contributed by atoms with Crippen LogP contribution in [0, 0.1) is 0 Å². The van der Waals surface area contributed by atoms with E-state index in [1.165, 1.54) is 30.7 Å². The van der Waals surface area contributed by atoms with E-state index in [2.05, 4.69) is 5.32 Å². The molecule has 2 amide bonds. The average molecular weight is 502 g/mol. The fraction of sp³-hybridized carbons (Fsp3) is 0.440. The van der Waals surface area contributed by atoms with Crippen LogP contribution in [0.2, 0.25) is 0 Å². The molecule has 188 valence electrons. The molecule has 2 aliphatic rings. The second-order valence-corrected chi connectivity index (χ2v) is 10.6. The minimum atomic E-state index is -4.01. The molecule has 9 nitrogen and oxygen atoms in total. The molecule has 2 aliphatic heterocycles. The van der Waals surface area contributed by atoms with Crippen molar-refractivity contribution in [3.63, 3.8) is 0 Å². The molecular weight excluding hydrogens is 470 g/mol. The number of methoxy groups -OCH3 is 2. The lowest BCUT2D eigenvalue weighted by Gasteiger charge is -2.27. The van der Waals surface area contributed by atoms with Gasteiger partial charge in [-0.2, -0.15) is 4.31 Å². The molecule has 4 rings (SSSR count). The van der Waals surface area contributed by atoms with Crippen molar-refractivity contribution in [1.82, 2.24) is 9.21 Å². The highest BCUT2D eigenvalue weighted by atomic mass is 32.2. The molecule has 2 heterocycles. The molecule has 0 saturated carbocycles. The molecular formula is C25H31N3O6S. The monoisotopic (exact) mass is 501 g/mol. The fourth-order valence-electron chi connectivity index (χ4n) is 4.60. The highest BCUT2D eigenvalue weighted by molar-refractivity contribution is 7.89. The maximum atomic E-state index is 13.5. The van der Waals surface area contributed by atoms with E-state index in [0.29, 0.717) is 29.8 Å². The Bertz CT molecular complexity index is 1180. The number of hydrogen-bond acceptors (Lipinski definition) is 6. The number of benzene rings is 2. The fourth-order valence-corrected chi connectivity index (χ4v) is 6.43. The molecule has 0 aliphatic carbocycles. The molecule has 2 fully saturated rings. The van der Waals surface area contributed by atoms with Crippen molar-refractivity contribution in [2.75, 3.05) is 39.2 Å². The predicted octanol–water partition coefficient (Wildman–Crippen LogP) is 3.12. The zero-order chi connectivity index (χ0) is 25.0. The van der Waals surface area contributed by atoms with Crippen LogP contribution in [0.5, 0.6) is 11.5 Å². The zero-order valence-corrected chi connectivity index (χ0v) is 20.8. The topological polar surface area (TPSA) is 105 Å². The molecule has 0 radical (unpaired) electrons. The molecule has 0 aromatic heterocycles. The molecule has 2 saturated heterocycles. The number of sulfonamides is 1. The summed E-state index contributed by atoms with van der Waals surface area (Å²) in [6.45, 7) is 1.76. The van der Waals surface area contributed by atoms with Gasteiger partial charge in [0, 0.05) is 37.0 Å². The summed E-state index contributed by atoms with van der Waals surface area (Å²) >= 11 is 0. The van der Waals surface area contributed by atoms with Crippen molar-refractivity contribution >= 4 is 27.5 Å². The van der Waals surface area contributed by atoms with E-state index in [1.54, 1.807) is 30.3 Å². The first-order chi connectivity index (χ1) is 16.8. The van der Waals surface area contributed by atoms with Crippen LogP contribution in [0.1, 0.15) is 42.5 Å². The van der Waals surface area contributed by atoms with E-state index >= 15 is 0 Å². The second kappa shape index (κ2) is 10.7. The van der Waals surface area contributed by atoms with Crippen LogP contribution in [-0.4, -0.2) is 69.3 Å². The first kappa shape index (κ1) is 25.0. The van der Waals surface area contributed by atoms with E-state index in [0.717, 1.165) is 32.4 Å². The summed E-state index contributed by atoms with van der Waals surface area (Å²) in [5, 5.41) is 2.81. The van der Waals surface area contributed by atoms with Gasteiger partial charge in [0.15, 0.2) is 0 Å². The number of nitrogens with zero attached hydrogens (tertiary/aromatic N) is 2. The van der Waals surface area contributed by atoms with Crippen LogP contribution in [0.25, 0.3) is 0 Å². The number of carbonyl (C=O) groups is 2. The van der Waals surface area contributed by atoms with Gasteiger partial charge in [-0.05, 0) is 68.5 Å². The van der Waals surface area contributed by atoms with E-state index in [-0.39, 0.29) is 23.1 Å². The normalized spacial score (nSPS) is 18.8. The summed E-state index contributed by atoms with van der Waals surface area (Å²) in [5.41, 5.74) is 1.08. The Kier molecular flexibility index (Phi) is 7.61. The lowest BCUT2D eigenvalue weighted by molar-refractivity contribution is -0.119. The molecule has 0 spiro atoms. The number of likely N-dealkylation sites (tertiary alicyclic amines) is 1. The van der Waals surface area contributed by atoms with Crippen LogP contribution in [0.3, 0.4) is 0 Å². The summed E-state index contributed by atoms with van der Waals surface area (Å²) in [7, 11) is -1.16. The van der Waals surface area contributed by atoms with Gasteiger partial charge in [-0.25, -0.2) is 8.42 Å². The Labute approximate surface area is 206 Å². The summed E-state index contributed by atoms with van der Waals surface area (Å²) in [6, 6.07) is 10.4. The number of hydrogen-bond donors (Lipinski definition) is 1. The largest absolute Gasteiger partial charge is 0.497 e. The van der Waals surface area contributed by atoms with E-state index in [1.807, 2.05) is 4.90 Å². The SMILES string of the molecule is COc1ccc(OC)c(S(=O)(=O)N2CCC[C@H]2C(=O)Nc2ccc(C(=O)N3CCCCC3)cc2)c1. The highest BCUT2D eigenvalue weighted by Gasteiger charge is 2.41. The third-order valence-corrected chi connectivity index (χ3v) is 8.44. The molecule has 2 aromatic carbocycles.